The normalized spacial score (nSPS) is 10.1. The highest BCUT2D eigenvalue weighted by Gasteiger charge is 1.94. The number of carbonyl (C=O) groups excluding carboxylic acids is 1. The van der Waals surface area contributed by atoms with Crippen molar-refractivity contribution in [2.45, 2.75) is 0 Å². The zero-order chi connectivity index (χ0) is 16.6. The highest BCUT2D eigenvalue weighted by Crippen LogP contribution is 2.00. The first-order chi connectivity index (χ1) is 10.6. The third kappa shape index (κ3) is 12.4. The van der Waals surface area contributed by atoms with Gasteiger partial charge in [-0.2, -0.15) is 5.26 Å². The molecule has 0 atom stereocenters. The summed E-state index contributed by atoms with van der Waals surface area (Å²) in [6.45, 7) is 4.45. The van der Waals surface area contributed by atoms with E-state index in [2.05, 4.69) is 6.58 Å². The minimum absolute atomic E-state index is 0.359. The molecule has 0 heterocycles. The number of benzene rings is 1. The lowest BCUT2D eigenvalue weighted by Gasteiger charge is -2.07. The second-order valence-electron chi connectivity index (χ2n) is 4.43. The van der Waals surface area contributed by atoms with E-state index >= 15 is 0 Å². The third-order valence-corrected chi connectivity index (χ3v) is 2.32. The van der Waals surface area contributed by atoms with Crippen molar-refractivity contribution >= 4 is 12.0 Å². The number of rotatable bonds is 6. The maximum atomic E-state index is 10.4. The molecule has 1 rings (SSSR count). The molecule has 0 saturated carbocycles. The van der Waals surface area contributed by atoms with E-state index in [1.165, 1.54) is 6.08 Å². The number of esters is 1. The molecule has 0 aromatic heterocycles. The zero-order valence-electron chi connectivity index (χ0n) is 13.1. The summed E-state index contributed by atoms with van der Waals surface area (Å²) < 4.78 is 4.70. The van der Waals surface area contributed by atoms with Crippen molar-refractivity contribution in [3.05, 3.63) is 66.8 Å². The summed E-state index contributed by atoms with van der Waals surface area (Å²) >= 11 is 0. The highest BCUT2D eigenvalue weighted by atomic mass is 16.5. The standard InChI is InChI=1S/C11H9N.C7H13NO2/c12-10-6-2-5-9-11-7-3-1-4-8-11;1-4-7(9)10-6-5-8(2)3/h1-9H;4H,1,5-6H2,2-3H3. The lowest BCUT2D eigenvalue weighted by Crippen LogP contribution is -2.19. The van der Waals surface area contributed by atoms with E-state index in [9.17, 15) is 4.79 Å². The minimum atomic E-state index is -0.359. The van der Waals surface area contributed by atoms with Crippen LogP contribution < -0.4 is 0 Å². The first-order valence-electron chi connectivity index (χ1n) is 6.82. The second-order valence-corrected chi connectivity index (χ2v) is 4.43. The van der Waals surface area contributed by atoms with E-state index in [-0.39, 0.29) is 5.97 Å². The van der Waals surface area contributed by atoms with Gasteiger partial charge in [0.15, 0.2) is 0 Å². The number of ether oxygens (including phenoxy) is 1. The van der Waals surface area contributed by atoms with Gasteiger partial charge in [0.05, 0.1) is 6.07 Å². The van der Waals surface area contributed by atoms with Gasteiger partial charge in [-0.3, -0.25) is 0 Å². The van der Waals surface area contributed by atoms with E-state index in [0.717, 1.165) is 18.2 Å². The fraction of sp³-hybridized carbons (Fsp3) is 0.222. The summed E-state index contributed by atoms with van der Waals surface area (Å²) in [7, 11) is 3.84. The van der Waals surface area contributed by atoms with Crippen molar-refractivity contribution < 1.29 is 9.53 Å². The predicted molar refractivity (Wildman–Crippen MR) is 89.9 cm³/mol. The maximum absolute atomic E-state index is 10.4. The number of allylic oxidation sites excluding steroid dienone is 3. The van der Waals surface area contributed by atoms with Gasteiger partial charge in [0, 0.05) is 18.7 Å². The number of hydrogen-bond donors (Lipinski definition) is 0. The monoisotopic (exact) mass is 298 g/mol. The SMILES string of the molecule is C=CC(=O)OCCN(C)C.N#CC=CC=Cc1ccccc1. The Morgan fingerprint density at radius 1 is 1.32 bits per heavy atom. The number of nitriles is 1. The molecule has 0 radical (unpaired) electrons. The van der Waals surface area contributed by atoms with Gasteiger partial charge >= 0.3 is 5.97 Å². The Hall–Kier alpha value is -2.64. The van der Waals surface area contributed by atoms with Crippen LogP contribution in [0.1, 0.15) is 5.56 Å². The third-order valence-electron chi connectivity index (χ3n) is 2.32. The van der Waals surface area contributed by atoms with Crippen molar-refractivity contribution in [2.24, 2.45) is 0 Å². The number of likely N-dealkylation sites (N-methyl/N-ethyl adjacent to an activating group) is 1. The fourth-order valence-corrected chi connectivity index (χ4v) is 1.22. The summed E-state index contributed by atoms with van der Waals surface area (Å²) in [5.41, 5.74) is 1.14. The molecule has 0 aliphatic rings. The number of hydrogen-bond acceptors (Lipinski definition) is 4. The van der Waals surface area contributed by atoms with E-state index in [0.29, 0.717) is 6.61 Å². The molecule has 1 aromatic carbocycles. The van der Waals surface area contributed by atoms with Gasteiger partial charge < -0.3 is 9.64 Å². The van der Waals surface area contributed by atoms with Gasteiger partial charge in [-0.05, 0) is 19.7 Å². The molecule has 0 aliphatic carbocycles. The lowest BCUT2D eigenvalue weighted by molar-refractivity contribution is -0.137. The average Bonchev–Trinajstić information content (AvgIpc) is 2.53. The minimum Gasteiger partial charge on any atom is -0.461 e. The van der Waals surface area contributed by atoms with Crippen LogP contribution in [0.5, 0.6) is 0 Å². The Kier molecular flexibility index (Phi) is 11.7. The zero-order valence-corrected chi connectivity index (χ0v) is 13.1. The van der Waals surface area contributed by atoms with Crippen LogP contribution in [0.15, 0.2) is 61.2 Å². The van der Waals surface area contributed by atoms with Gasteiger partial charge in [-0.15, -0.1) is 0 Å². The van der Waals surface area contributed by atoms with Crippen LogP contribution >= 0.6 is 0 Å². The van der Waals surface area contributed by atoms with Gasteiger partial charge in [-0.1, -0.05) is 55.1 Å². The van der Waals surface area contributed by atoms with E-state index in [1.54, 1.807) is 6.08 Å². The van der Waals surface area contributed by atoms with Crippen LogP contribution in [0.2, 0.25) is 0 Å². The molecule has 0 aliphatic heterocycles. The molecule has 0 saturated heterocycles. The predicted octanol–water partition coefficient (Wildman–Crippen LogP) is 3.06. The quantitative estimate of drug-likeness (QED) is 0.350. The molecule has 1 aromatic rings. The number of nitrogens with zero attached hydrogens (tertiary/aromatic N) is 2. The number of carbonyl (C=O) groups is 1. The van der Waals surface area contributed by atoms with Crippen molar-refractivity contribution in [3.63, 3.8) is 0 Å². The molecule has 0 fully saturated rings. The van der Waals surface area contributed by atoms with Crippen LogP contribution in [0, 0.1) is 11.3 Å². The lowest BCUT2D eigenvalue weighted by atomic mass is 10.2. The molecule has 4 heteroatoms. The van der Waals surface area contributed by atoms with Gasteiger partial charge in [0.1, 0.15) is 6.61 Å². The molecule has 4 nitrogen and oxygen atoms in total. The van der Waals surface area contributed by atoms with Gasteiger partial charge in [0.2, 0.25) is 0 Å². The van der Waals surface area contributed by atoms with E-state index < -0.39 is 0 Å². The van der Waals surface area contributed by atoms with Crippen LogP contribution in [0.25, 0.3) is 6.08 Å². The van der Waals surface area contributed by atoms with Crippen LogP contribution in [0.3, 0.4) is 0 Å². The Bertz CT molecular complexity index is 526. The second kappa shape index (κ2) is 13.3. The van der Waals surface area contributed by atoms with Crippen LogP contribution in [0.4, 0.5) is 0 Å². The summed E-state index contributed by atoms with van der Waals surface area (Å²) in [4.78, 5) is 12.4. The Morgan fingerprint density at radius 3 is 2.55 bits per heavy atom. The molecule has 0 amide bonds. The first-order valence-corrected chi connectivity index (χ1v) is 6.82. The maximum Gasteiger partial charge on any atom is 0.330 e. The van der Waals surface area contributed by atoms with Crippen molar-refractivity contribution in [1.82, 2.24) is 4.90 Å². The molecule has 0 unspecified atom stereocenters. The van der Waals surface area contributed by atoms with Crippen molar-refractivity contribution in [2.75, 3.05) is 27.2 Å². The summed E-state index contributed by atoms with van der Waals surface area (Å²) in [5, 5.41) is 8.19. The van der Waals surface area contributed by atoms with Gasteiger partial charge in [0.25, 0.3) is 0 Å². The fourth-order valence-electron chi connectivity index (χ4n) is 1.22. The van der Waals surface area contributed by atoms with Crippen molar-refractivity contribution in [1.29, 1.82) is 5.26 Å². The molecule has 22 heavy (non-hydrogen) atoms. The molecule has 0 N–H and O–H groups in total. The van der Waals surface area contributed by atoms with E-state index in [1.807, 2.05) is 67.5 Å². The molecular formula is C18H22N2O2. The molecule has 116 valence electrons. The largest absolute Gasteiger partial charge is 0.461 e. The van der Waals surface area contributed by atoms with Gasteiger partial charge in [-0.25, -0.2) is 4.79 Å². The molecular weight excluding hydrogens is 276 g/mol. The average molecular weight is 298 g/mol. The highest BCUT2D eigenvalue weighted by molar-refractivity contribution is 5.81. The Balaban J connectivity index is 0.000000409. The van der Waals surface area contributed by atoms with Crippen LogP contribution in [-0.2, 0) is 9.53 Å². The Morgan fingerprint density at radius 2 is 2.00 bits per heavy atom. The Labute approximate surface area is 132 Å². The molecule has 0 spiro atoms. The first kappa shape index (κ1) is 19.4. The van der Waals surface area contributed by atoms with Crippen LogP contribution in [-0.4, -0.2) is 38.1 Å². The smallest absolute Gasteiger partial charge is 0.330 e. The van der Waals surface area contributed by atoms with E-state index in [4.69, 9.17) is 10.00 Å². The summed E-state index contributed by atoms with van der Waals surface area (Å²) in [6.07, 6.45) is 8.12. The summed E-state index contributed by atoms with van der Waals surface area (Å²) in [5.74, 6) is -0.359. The topological polar surface area (TPSA) is 53.3 Å². The molecule has 0 bridgehead atoms. The van der Waals surface area contributed by atoms with Crippen molar-refractivity contribution in [3.8, 4) is 6.07 Å². The summed E-state index contributed by atoms with van der Waals surface area (Å²) in [6, 6.07) is 11.9.